The molecule has 0 bridgehead atoms. The number of carboxylic acids is 1. The number of carbonyl (C=O) groups is 1. The van der Waals surface area contributed by atoms with Crippen LogP contribution in [-0.2, 0) is 6.54 Å². The number of hydrogen-bond acceptors (Lipinski definition) is 3. The van der Waals surface area contributed by atoms with Gasteiger partial charge in [0.1, 0.15) is 4.88 Å². The number of carboxylic acid groups (broad SMARTS) is 1. The van der Waals surface area contributed by atoms with Crippen LogP contribution in [0.1, 0.15) is 61.2 Å². The maximum absolute atomic E-state index is 11.2. The second kappa shape index (κ2) is 7.23. The van der Waals surface area contributed by atoms with E-state index in [1.165, 1.54) is 43.4 Å². The second-order valence-electron chi connectivity index (χ2n) is 6.17. The van der Waals surface area contributed by atoms with E-state index in [0.29, 0.717) is 16.8 Å². The maximum Gasteiger partial charge on any atom is 0.346 e. The summed E-state index contributed by atoms with van der Waals surface area (Å²) in [5.41, 5.74) is 0.984. The molecule has 0 atom stereocenters. The van der Waals surface area contributed by atoms with Crippen LogP contribution in [-0.4, -0.2) is 28.6 Å². The predicted molar refractivity (Wildman–Crippen MR) is 83.4 cm³/mol. The van der Waals surface area contributed by atoms with E-state index in [4.69, 9.17) is 0 Å². The lowest BCUT2D eigenvalue weighted by Gasteiger charge is -2.29. The van der Waals surface area contributed by atoms with E-state index >= 15 is 0 Å². The van der Waals surface area contributed by atoms with Crippen LogP contribution in [0, 0.1) is 5.92 Å². The molecule has 1 aliphatic carbocycles. The molecule has 0 aromatic carbocycles. The third kappa shape index (κ3) is 4.06. The molecule has 112 valence electrons. The Morgan fingerprint density at radius 3 is 2.75 bits per heavy atom. The van der Waals surface area contributed by atoms with Gasteiger partial charge in [0.2, 0.25) is 0 Å². The number of thiophene rings is 1. The van der Waals surface area contributed by atoms with E-state index in [1.807, 2.05) is 11.4 Å². The van der Waals surface area contributed by atoms with Crippen molar-refractivity contribution in [2.24, 2.45) is 5.92 Å². The maximum atomic E-state index is 11.2. The van der Waals surface area contributed by atoms with Crippen LogP contribution in [0.25, 0.3) is 0 Å². The van der Waals surface area contributed by atoms with Gasteiger partial charge in [-0.3, -0.25) is 4.90 Å². The third-order valence-corrected chi connectivity index (χ3v) is 5.09. The van der Waals surface area contributed by atoms with Crippen molar-refractivity contribution in [2.45, 2.75) is 58.5 Å². The van der Waals surface area contributed by atoms with Crippen LogP contribution in [0.15, 0.2) is 11.4 Å². The third-order valence-electron chi connectivity index (χ3n) is 4.15. The molecule has 0 amide bonds. The van der Waals surface area contributed by atoms with Crippen molar-refractivity contribution in [2.75, 3.05) is 6.54 Å². The molecule has 1 fully saturated rings. The average Bonchev–Trinajstić information content (AvgIpc) is 3.04. The topological polar surface area (TPSA) is 40.5 Å². The van der Waals surface area contributed by atoms with Gasteiger partial charge in [-0.1, -0.05) is 26.7 Å². The molecule has 1 N–H and O–H groups in total. The van der Waals surface area contributed by atoms with E-state index in [2.05, 4.69) is 18.7 Å². The molecule has 0 radical (unpaired) electrons. The van der Waals surface area contributed by atoms with Gasteiger partial charge in [-0.25, -0.2) is 4.79 Å². The summed E-state index contributed by atoms with van der Waals surface area (Å²) in [5, 5.41) is 11.1. The summed E-state index contributed by atoms with van der Waals surface area (Å²) in [6.45, 7) is 6.37. The van der Waals surface area contributed by atoms with Gasteiger partial charge in [-0.15, -0.1) is 11.3 Å². The highest BCUT2D eigenvalue weighted by Crippen LogP contribution is 2.27. The molecule has 0 aliphatic heterocycles. The molecular formula is C16H25NO2S. The van der Waals surface area contributed by atoms with Crippen LogP contribution in [0.2, 0.25) is 0 Å². The summed E-state index contributed by atoms with van der Waals surface area (Å²) in [6.07, 6.45) is 6.36. The summed E-state index contributed by atoms with van der Waals surface area (Å²) in [4.78, 5) is 14.3. The van der Waals surface area contributed by atoms with Crippen molar-refractivity contribution in [3.8, 4) is 0 Å². The van der Waals surface area contributed by atoms with Gasteiger partial charge >= 0.3 is 5.97 Å². The second-order valence-corrected chi connectivity index (χ2v) is 7.09. The van der Waals surface area contributed by atoms with Gasteiger partial charge < -0.3 is 5.11 Å². The van der Waals surface area contributed by atoms with Gasteiger partial charge in [-0.05, 0) is 48.7 Å². The van der Waals surface area contributed by atoms with Crippen molar-refractivity contribution in [1.82, 2.24) is 4.90 Å². The fourth-order valence-electron chi connectivity index (χ4n) is 2.95. The van der Waals surface area contributed by atoms with Gasteiger partial charge in [0.05, 0.1) is 0 Å². The minimum absolute atomic E-state index is 0.512. The first kappa shape index (κ1) is 15.5. The van der Waals surface area contributed by atoms with E-state index in [-0.39, 0.29) is 0 Å². The quantitative estimate of drug-likeness (QED) is 0.818. The van der Waals surface area contributed by atoms with Crippen LogP contribution in [0.4, 0.5) is 0 Å². The first-order valence-electron chi connectivity index (χ1n) is 7.61. The fraction of sp³-hybridized carbons (Fsp3) is 0.688. The van der Waals surface area contributed by atoms with Crippen molar-refractivity contribution >= 4 is 17.3 Å². The lowest BCUT2D eigenvalue weighted by molar-refractivity contribution is 0.0699. The molecule has 1 saturated carbocycles. The molecule has 1 aromatic heterocycles. The Morgan fingerprint density at radius 2 is 2.15 bits per heavy atom. The van der Waals surface area contributed by atoms with Crippen molar-refractivity contribution in [1.29, 1.82) is 0 Å². The van der Waals surface area contributed by atoms with Gasteiger partial charge in [0.25, 0.3) is 0 Å². The highest BCUT2D eigenvalue weighted by molar-refractivity contribution is 7.12. The molecule has 20 heavy (non-hydrogen) atoms. The Balaban J connectivity index is 2.05. The van der Waals surface area contributed by atoms with E-state index < -0.39 is 5.97 Å². The zero-order valence-electron chi connectivity index (χ0n) is 12.5. The first-order chi connectivity index (χ1) is 9.58. The minimum Gasteiger partial charge on any atom is -0.477 e. The van der Waals surface area contributed by atoms with Crippen LogP contribution in [0.5, 0.6) is 0 Å². The first-order valence-corrected chi connectivity index (χ1v) is 8.49. The molecule has 4 heteroatoms. The van der Waals surface area contributed by atoms with Crippen molar-refractivity contribution in [3.05, 3.63) is 21.9 Å². The molecule has 0 unspecified atom stereocenters. The van der Waals surface area contributed by atoms with Gasteiger partial charge in [0, 0.05) is 12.6 Å². The van der Waals surface area contributed by atoms with E-state index in [0.717, 1.165) is 18.7 Å². The summed E-state index contributed by atoms with van der Waals surface area (Å²) in [6, 6.07) is 2.63. The molecule has 3 nitrogen and oxygen atoms in total. The van der Waals surface area contributed by atoms with Crippen molar-refractivity contribution < 1.29 is 9.90 Å². The standard InChI is InChI=1S/C16H25NO2S/c1-12(2)7-9-17(14-5-3-4-6-14)11-13-8-10-20-15(13)16(18)19/h8,10,12,14H,3-7,9,11H2,1-2H3,(H,18,19). The van der Waals surface area contributed by atoms with Crippen LogP contribution < -0.4 is 0 Å². The highest BCUT2D eigenvalue weighted by Gasteiger charge is 2.24. The molecule has 1 aliphatic rings. The Labute approximate surface area is 125 Å². The SMILES string of the molecule is CC(C)CCN(Cc1ccsc1C(=O)O)C1CCCC1. The van der Waals surface area contributed by atoms with Gasteiger partial charge in [-0.2, -0.15) is 0 Å². The lowest BCUT2D eigenvalue weighted by Crippen LogP contribution is -2.34. The Kier molecular flexibility index (Phi) is 5.61. The van der Waals surface area contributed by atoms with Crippen LogP contribution >= 0.6 is 11.3 Å². The Morgan fingerprint density at radius 1 is 1.45 bits per heavy atom. The summed E-state index contributed by atoms with van der Waals surface area (Å²) >= 11 is 1.34. The lowest BCUT2D eigenvalue weighted by atomic mass is 10.1. The predicted octanol–water partition coefficient (Wildman–Crippen LogP) is 4.24. The van der Waals surface area contributed by atoms with E-state index in [1.54, 1.807) is 0 Å². The normalized spacial score (nSPS) is 16.4. The summed E-state index contributed by atoms with van der Waals surface area (Å²) in [5.74, 6) is -0.0921. The number of rotatable bonds is 7. The number of hydrogen-bond donors (Lipinski definition) is 1. The smallest absolute Gasteiger partial charge is 0.346 e. The van der Waals surface area contributed by atoms with Crippen molar-refractivity contribution in [3.63, 3.8) is 0 Å². The molecule has 1 heterocycles. The van der Waals surface area contributed by atoms with E-state index in [9.17, 15) is 9.90 Å². The Bertz CT molecular complexity index is 435. The average molecular weight is 295 g/mol. The molecule has 0 spiro atoms. The largest absolute Gasteiger partial charge is 0.477 e. The monoisotopic (exact) mass is 295 g/mol. The molecule has 1 aromatic rings. The fourth-order valence-corrected chi connectivity index (χ4v) is 3.70. The highest BCUT2D eigenvalue weighted by atomic mass is 32.1. The summed E-state index contributed by atoms with van der Waals surface area (Å²) < 4.78 is 0. The summed E-state index contributed by atoms with van der Waals surface area (Å²) in [7, 11) is 0. The molecule has 0 saturated heterocycles. The molecular weight excluding hydrogens is 270 g/mol. The van der Waals surface area contributed by atoms with Gasteiger partial charge in [0.15, 0.2) is 0 Å². The number of nitrogens with zero attached hydrogens (tertiary/aromatic N) is 1. The zero-order chi connectivity index (χ0) is 14.5. The zero-order valence-corrected chi connectivity index (χ0v) is 13.3. The number of aromatic carboxylic acids is 1. The van der Waals surface area contributed by atoms with Crippen LogP contribution in [0.3, 0.4) is 0 Å². The minimum atomic E-state index is -0.787. The molecule has 2 rings (SSSR count). The Hall–Kier alpha value is -0.870.